The van der Waals surface area contributed by atoms with Crippen molar-refractivity contribution in [3.63, 3.8) is 0 Å². The van der Waals surface area contributed by atoms with Gasteiger partial charge >= 0.3 is 0 Å². The average molecular weight is 282 g/mol. The van der Waals surface area contributed by atoms with Gasteiger partial charge in [-0.1, -0.05) is 24.4 Å². The molecule has 0 atom stereocenters. The Bertz CT molecular complexity index is 479. The number of Topliss-reactive ketones (excluding diaryl/α,β-unsaturated/α-hetero) is 1. The van der Waals surface area contributed by atoms with Crippen molar-refractivity contribution >= 4 is 17.4 Å². The Morgan fingerprint density at radius 3 is 2.47 bits per heavy atom. The van der Waals surface area contributed by atoms with Gasteiger partial charge in [0, 0.05) is 5.02 Å². The Morgan fingerprint density at radius 2 is 1.95 bits per heavy atom. The Morgan fingerprint density at radius 1 is 1.32 bits per heavy atom. The molecule has 0 bridgehead atoms. The van der Waals surface area contributed by atoms with Crippen molar-refractivity contribution in [3.8, 4) is 5.75 Å². The first-order valence-corrected chi connectivity index (χ1v) is 6.95. The van der Waals surface area contributed by atoms with Crippen molar-refractivity contribution < 1.29 is 9.53 Å². The summed E-state index contributed by atoms with van der Waals surface area (Å²) in [7, 11) is 5.53. The summed E-state index contributed by atoms with van der Waals surface area (Å²) in [6.07, 6.45) is 3.97. The van der Waals surface area contributed by atoms with Gasteiger partial charge in [-0.2, -0.15) is 0 Å². The molecule has 0 aliphatic heterocycles. The summed E-state index contributed by atoms with van der Waals surface area (Å²) in [5.74, 6) is 0.719. The molecule has 0 saturated heterocycles. The minimum atomic E-state index is -0.405. The number of carbonyl (C=O) groups excluding carboxylic acids is 1. The number of hydrogen-bond acceptors (Lipinski definition) is 3. The van der Waals surface area contributed by atoms with Gasteiger partial charge in [0.15, 0.2) is 5.78 Å². The highest BCUT2D eigenvalue weighted by Crippen LogP contribution is 2.38. The molecule has 104 valence electrons. The molecule has 1 aromatic rings. The van der Waals surface area contributed by atoms with E-state index >= 15 is 0 Å². The van der Waals surface area contributed by atoms with Gasteiger partial charge in [0.1, 0.15) is 5.75 Å². The minimum absolute atomic E-state index is 0.120. The number of hydrogen-bond donors (Lipinski definition) is 0. The predicted molar refractivity (Wildman–Crippen MR) is 77.2 cm³/mol. The number of carbonyl (C=O) groups is 1. The Kier molecular flexibility index (Phi) is 4.16. The second kappa shape index (κ2) is 5.51. The topological polar surface area (TPSA) is 29.5 Å². The van der Waals surface area contributed by atoms with Gasteiger partial charge in [0.2, 0.25) is 0 Å². The number of likely N-dealkylation sites (N-methyl/N-ethyl adjacent to an activating group) is 1. The van der Waals surface area contributed by atoms with Crippen LogP contribution in [0.5, 0.6) is 5.75 Å². The molecule has 1 aliphatic rings. The highest BCUT2D eigenvalue weighted by atomic mass is 35.5. The summed E-state index contributed by atoms with van der Waals surface area (Å²) in [6.45, 7) is 0. The highest BCUT2D eigenvalue weighted by molar-refractivity contribution is 6.31. The normalized spacial score (nSPS) is 17.7. The molecule has 0 amide bonds. The number of rotatable bonds is 4. The molecule has 0 spiro atoms. The molecule has 1 fully saturated rings. The molecule has 3 nitrogen and oxygen atoms in total. The molecule has 19 heavy (non-hydrogen) atoms. The molecule has 0 radical (unpaired) electrons. The average Bonchev–Trinajstić information content (AvgIpc) is 2.88. The first-order chi connectivity index (χ1) is 9.01. The molecule has 0 N–H and O–H groups in total. The van der Waals surface area contributed by atoms with Crippen molar-refractivity contribution in [1.82, 2.24) is 4.90 Å². The highest BCUT2D eigenvalue weighted by Gasteiger charge is 2.44. The first-order valence-electron chi connectivity index (χ1n) is 6.57. The van der Waals surface area contributed by atoms with Gasteiger partial charge in [-0.25, -0.2) is 0 Å². The van der Waals surface area contributed by atoms with Crippen LogP contribution in [-0.4, -0.2) is 37.4 Å². The van der Waals surface area contributed by atoms with Gasteiger partial charge in [0.25, 0.3) is 0 Å². The Balaban J connectivity index is 2.45. The maximum absolute atomic E-state index is 13.0. The van der Waals surface area contributed by atoms with Crippen LogP contribution in [0, 0.1) is 0 Å². The van der Waals surface area contributed by atoms with Crippen molar-refractivity contribution in [3.05, 3.63) is 28.8 Å². The summed E-state index contributed by atoms with van der Waals surface area (Å²) in [4.78, 5) is 15.0. The van der Waals surface area contributed by atoms with Crippen LogP contribution < -0.4 is 4.74 Å². The van der Waals surface area contributed by atoms with Gasteiger partial charge in [-0.3, -0.25) is 9.69 Å². The largest absolute Gasteiger partial charge is 0.496 e. The summed E-state index contributed by atoms with van der Waals surface area (Å²) < 4.78 is 5.31. The van der Waals surface area contributed by atoms with Gasteiger partial charge in [0.05, 0.1) is 18.2 Å². The zero-order valence-electron chi connectivity index (χ0n) is 11.7. The van der Waals surface area contributed by atoms with E-state index in [1.807, 2.05) is 19.0 Å². The van der Waals surface area contributed by atoms with Crippen LogP contribution in [0.4, 0.5) is 0 Å². The number of halogens is 1. The molecular weight excluding hydrogens is 262 g/mol. The molecule has 1 saturated carbocycles. The van der Waals surface area contributed by atoms with Gasteiger partial charge in [-0.15, -0.1) is 0 Å². The van der Waals surface area contributed by atoms with Crippen LogP contribution in [0.3, 0.4) is 0 Å². The van der Waals surface area contributed by atoms with Crippen molar-refractivity contribution in [2.45, 2.75) is 31.2 Å². The number of nitrogens with zero attached hydrogens (tertiary/aromatic N) is 1. The summed E-state index contributed by atoms with van der Waals surface area (Å²) in [6, 6.07) is 5.22. The van der Waals surface area contributed by atoms with Gasteiger partial charge in [-0.05, 0) is 45.1 Å². The zero-order valence-corrected chi connectivity index (χ0v) is 12.5. The molecule has 2 rings (SSSR count). The van der Waals surface area contributed by atoms with Gasteiger partial charge < -0.3 is 4.74 Å². The second-order valence-electron chi connectivity index (χ2n) is 5.31. The van der Waals surface area contributed by atoms with Crippen LogP contribution >= 0.6 is 11.6 Å². The molecule has 1 aromatic carbocycles. The lowest BCUT2D eigenvalue weighted by Crippen LogP contribution is -2.49. The summed E-state index contributed by atoms with van der Waals surface area (Å²) in [5.41, 5.74) is 0.184. The number of ether oxygens (including phenoxy) is 1. The van der Waals surface area contributed by atoms with E-state index in [4.69, 9.17) is 16.3 Å². The van der Waals surface area contributed by atoms with Crippen LogP contribution in [0.1, 0.15) is 36.0 Å². The van der Waals surface area contributed by atoms with E-state index in [0.717, 1.165) is 25.7 Å². The SMILES string of the molecule is COc1ccc(Cl)cc1C(=O)C1(N(C)C)CCCC1. The molecule has 1 aliphatic carbocycles. The molecule has 0 aromatic heterocycles. The standard InChI is InChI=1S/C15H20ClNO2/c1-17(2)15(8-4-5-9-15)14(18)12-10-11(16)6-7-13(12)19-3/h6-7,10H,4-5,8-9H2,1-3H3. The zero-order chi connectivity index (χ0) is 14.0. The Hall–Kier alpha value is -1.06. The van der Waals surface area contributed by atoms with Crippen LogP contribution in [0.2, 0.25) is 5.02 Å². The number of ketones is 1. The quantitative estimate of drug-likeness (QED) is 0.792. The maximum atomic E-state index is 13.0. The fourth-order valence-electron chi connectivity index (χ4n) is 2.95. The monoisotopic (exact) mass is 281 g/mol. The first kappa shape index (κ1) is 14.4. The van der Waals surface area contributed by atoms with E-state index in [2.05, 4.69) is 0 Å². The minimum Gasteiger partial charge on any atom is -0.496 e. The number of methoxy groups -OCH3 is 1. The van der Waals surface area contributed by atoms with Crippen molar-refractivity contribution in [1.29, 1.82) is 0 Å². The summed E-state index contributed by atoms with van der Waals surface area (Å²) >= 11 is 6.03. The molecule has 0 unspecified atom stereocenters. The van der Waals surface area contributed by atoms with Crippen LogP contribution in [0.25, 0.3) is 0 Å². The number of benzene rings is 1. The molecule has 4 heteroatoms. The lowest BCUT2D eigenvalue weighted by molar-refractivity contribution is 0.0690. The third-order valence-electron chi connectivity index (χ3n) is 4.12. The molecule has 0 heterocycles. The lowest BCUT2D eigenvalue weighted by Gasteiger charge is -2.35. The van der Waals surface area contributed by atoms with E-state index in [1.54, 1.807) is 25.3 Å². The van der Waals surface area contributed by atoms with E-state index < -0.39 is 5.54 Å². The molecular formula is C15H20ClNO2. The fraction of sp³-hybridized carbons (Fsp3) is 0.533. The van der Waals surface area contributed by atoms with Crippen LogP contribution in [0.15, 0.2) is 18.2 Å². The smallest absolute Gasteiger partial charge is 0.186 e. The van der Waals surface area contributed by atoms with E-state index in [1.165, 1.54) is 0 Å². The predicted octanol–water partition coefficient (Wildman–Crippen LogP) is 3.41. The lowest BCUT2D eigenvalue weighted by atomic mass is 9.86. The third kappa shape index (κ3) is 2.49. The van der Waals surface area contributed by atoms with E-state index in [9.17, 15) is 4.79 Å². The maximum Gasteiger partial charge on any atom is 0.186 e. The van der Waals surface area contributed by atoms with E-state index in [0.29, 0.717) is 16.3 Å². The van der Waals surface area contributed by atoms with E-state index in [-0.39, 0.29) is 5.78 Å². The second-order valence-corrected chi connectivity index (χ2v) is 5.74. The fourth-order valence-corrected chi connectivity index (χ4v) is 3.12. The Labute approximate surface area is 119 Å². The third-order valence-corrected chi connectivity index (χ3v) is 4.35. The van der Waals surface area contributed by atoms with Crippen LogP contribution in [-0.2, 0) is 0 Å². The van der Waals surface area contributed by atoms with Crippen molar-refractivity contribution in [2.24, 2.45) is 0 Å². The summed E-state index contributed by atoms with van der Waals surface area (Å²) in [5, 5.41) is 0.566. The van der Waals surface area contributed by atoms with Crippen molar-refractivity contribution in [2.75, 3.05) is 21.2 Å².